The highest BCUT2D eigenvalue weighted by atomic mass is 19.4. The number of hydrogen-bond donors (Lipinski definition) is 2. The molecule has 0 aliphatic carbocycles. The first-order valence-electron chi connectivity index (χ1n) is 13.2. The molecule has 0 bridgehead atoms. The summed E-state index contributed by atoms with van der Waals surface area (Å²) in [4.78, 5) is 24.0. The molecule has 2 aliphatic rings. The molecule has 2 saturated heterocycles. The molecule has 2 aliphatic heterocycles. The number of ether oxygens (including phenoxy) is 1. The smallest absolute Gasteiger partial charge is 0.379 e. The maximum atomic E-state index is 13.6. The fourth-order valence-electron chi connectivity index (χ4n) is 4.71. The standard InChI is InChI=1S/C26H32F6N6O2/c27-25(28,29)20-5-3-18(4-6-20)7-8-34-23(39)19-2-1-10-38(17-19)22-16-21(35-24(36-22)26(30,31)32)33-9-11-37-12-14-40-15-13-37/h3-6,16,19H,1-2,7-15,17H2,(H,34,39)(H,33,35,36). The van der Waals surface area contributed by atoms with Crippen LogP contribution in [0.1, 0.15) is 29.8 Å². The minimum Gasteiger partial charge on any atom is -0.379 e. The van der Waals surface area contributed by atoms with Crippen LogP contribution in [-0.4, -0.2) is 79.8 Å². The predicted molar refractivity (Wildman–Crippen MR) is 136 cm³/mol. The third kappa shape index (κ3) is 8.43. The number of amides is 1. The summed E-state index contributed by atoms with van der Waals surface area (Å²) in [6, 6.07) is 6.21. The van der Waals surface area contributed by atoms with Crippen LogP contribution in [0.3, 0.4) is 0 Å². The van der Waals surface area contributed by atoms with Crippen LogP contribution >= 0.6 is 0 Å². The Kier molecular flexibility index (Phi) is 9.72. The van der Waals surface area contributed by atoms with Crippen LogP contribution in [0.2, 0.25) is 0 Å². The van der Waals surface area contributed by atoms with Crippen molar-refractivity contribution in [1.29, 1.82) is 0 Å². The summed E-state index contributed by atoms with van der Waals surface area (Å²) in [7, 11) is 0. The molecule has 40 heavy (non-hydrogen) atoms. The van der Waals surface area contributed by atoms with Crippen molar-refractivity contribution in [2.24, 2.45) is 5.92 Å². The van der Waals surface area contributed by atoms with Gasteiger partial charge in [0.15, 0.2) is 0 Å². The van der Waals surface area contributed by atoms with Gasteiger partial charge in [-0.3, -0.25) is 9.69 Å². The molecule has 1 amide bonds. The molecule has 8 nitrogen and oxygen atoms in total. The Morgan fingerprint density at radius 3 is 2.38 bits per heavy atom. The van der Waals surface area contributed by atoms with Crippen LogP contribution in [0, 0.1) is 5.92 Å². The zero-order valence-corrected chi connectivity index (χ0v) is 21.8. The molecule has 1 aromatic carbocycles. The number of alkyl halides is 6. The highest BCUT2D eigenvalue weighted by molar-refractivity contribution is 5.79. The van der Waals surface area contributed by atoms with Crippen molar-refractivity contribution < 1.29 is 35.9 Å². The first-order chi connectivity index (χ1) is 19.0. The Morgan fingerprint density at radius 1 is 0.975 bits per heavy atom. The SMILES string of the molecule is O=C(NCCc1ccc(C(F)(F)F)cc1)C1CCCN(c2cc(NCCN3CCOCC3)nc(C(F)(F)F)n2)C1. The minimum atomic E-state index is -4.73. The summed E-state index contributed by atoms with van der Waals surface area (Å²) in [6.45, 7) is 4.63. The molecule has 220 valence electrons. The Morgan fingerprint density at radius 2 is 1.70 bits per heavy atom. The fraction of sp³-hybridized carbons (Fsp3) is 0.577. The van der Waals surface area contributed by atoms with Gasteiger partial charge in [-0.25, -0.2) is 9.97 Å². The molecule has 1 unspecified atom stereocenters. The van der Waals surface area contributed by atoms with E-state index in [0.29, 0.717) is 57.7 Å². The van der Waals surface area contributed by atoms with Crippen molar-refractivity contribution in [3.63, 3.8) is 0 Å². The van der Waals surface area contributed by atoms with E-state index in [2.05, 4.69) is 25.5 Å². The van der Waals surface area contributed by atoms with Crippen LogP contribution in [0.25, 0.3) is 0 Å². The number of rotatable bonds is 9. The second-order valence-electron chi connectivity index (χ2n) is 9.83. The Labute approximate surface area is 228 Å². The average molecular weight is 575 g/mol. The van der Waals surface area contributed by atoms with Crippen molar-refractivity contribution >= 4 is 17.5 Å². The topological polar surface area (TPSA) is 82.6 Å². The summed E-state index contributed by atoms with van der Waals surface area (Å²) < 4.78 is 84.2. The lowest BCUT2D eigenvalue weighted by molar-refractivity contribution is -0.144. The molecular weight excluding hydrogens is 542 g/mol. The molecule has 14 heteroatoms. The normalized spacial score (nSPS) is 18.9. The predicted octanol–water partition coefficient (Wildman–Crippen LogP) is 3.83. The van der Waals surface area contributed by atoms with Crippen LogP contribution in [-0.2, 0) is 28.3 Å². The van der Waals surface area contributed by atoms with Crippen molar-refractivity contribution in [3.8, 4) is 0 Å². The van der Waals surface area contributed by atoms with Crippen molar-refractivity contribution in [3.05, 3.63) is 47.3 Å². The lowest BCUT2D eigenvalue weighted by Crippen LogP contribution is -2.44. The Hall–Kier alpha value is -3.13. The van der Waals surface area contributed by atoms with E-state index < -0.39 is 29.7 Å². The van der Waals surface area contributed by atoms with Crippen LogP contribution in [0.4, 0.5) is 38.0 Å². The third-order valence-corrected chi connectivity index (χ3v) is 6.91. The molecule has 4 rings (SSSR count). The van der Waals surface area contributed by atoms with Gasteiger partial charge in [-0.15, -0.1) is 0 Å². The lowest BCUT2D eigenvalue weighted by atomic mass is 9.97. The van der Waals surface area contributed by atoms with Crippen LogP contribution in [0.15, 0.2) is 30.3 Å². The van der Waals surface area contributed by atoms with E-state index in [1.165, 1.54) is 18.2 Å². The molecule has 3 heterocycles. The Balaban J connectivity index is 1.34. The van der Waals surface area contributed by atoms with Gasteiger partial charge in [0.05, 0.1) is 24.7 Å². The number of carbonyl (C=O) groups excluding carboxylic acids is 1. The second kappa shape index (κ2) is 13.0. The highest BCUT2D eigenvalue weighted by Gasteiger charge is 2.37. The van der Waals surface area contributed by atoms with Crippen LogP contribution in [0.5, 0.6) is 0 Å². The number of aromatic nitrogens is 2. The first kappa shape index (κ1) is 29.8. The quantitative estimate of drug-likeness (QED) is 0.441. The largest absolute Gasteiger partial charge is 0.451 e. The van der Waals surface area contributed by atoms with E-state index in [0.717, 1.165) is 25.2 Å². The van der Waals surface area contributed by atoms with E-state index in [1.807, 2.05) is 0 Å². The number of nitrogens with one attached hydrogen (secondary N) is 2. The monoisotopic (exact) mass is 574 g/mol. The van der Waals surface area contributed by atoms with Crippen LogP contribution < -0.4 is 15.5 Å². The lowest BCUT2D eigenvalue weighted by Gasteiger charge is -2.33. The first-order valence-corrected chi connectivity index (χ1v) is 13.2. The summed E-state index contributed by atoms with van der Waals surface area (Å²) >= 11 is 0. The van der Waals surface area contributed by atoms with E-state index in [9.17, 15) is 31.1 Å². The van der Waals surface area contributed by atoms with E-state index in [-0.39, 0.29) is 30.6 Å². The molecular formula is C26H32F6N6O2. The summed E-state index contributed by atoms with van der Waals surface area (Å²) in [5.41, 5.74) is -0.0932. The van der Waals surface area contributed by atoms with Crippen molar-refractivity contribution in [2.45, 2.75) is 31.6 Å². The van der Waals surface area contributed by atoms with Gasteiger partial charge < -0.3 is 20.3 Å². The summed E-state index contributed by atoms with van der Waals surface area (Å²) in [5.74, 6) is -1.82. The zero-order valence-electron chi connectivity index (χ0n) is 21.8. The van der Waals surface area contributed by atoms with Gasteiger partial charge in [0, 0.05) is 51.9 Å². The van der Waals surface area contributed by atoms with E-state index in [4.69, 9.17) is 4.74 Å². The number of hydrogen-bond acceptors (Lipinski definition) is 7. The van der Waals surface area contributed by atoms with Gasteiger partial charge in [-0.2, -0.15) is 26.3 Å². The number of morpholine rings is 1. The van der Waals surface area contributed by atoms with Gasteiger partial charge in [0.1, 0.15) is 11.6 Å². The number of anilines is 2. The van der Waals surface area contributed by atoms with E-state index in [1.54, 1.807) is 4.90 Å². The molecule has 1 atom stereocenters. The third-order valence-electron chi connectivity index (χ3n) is 6.91. The number of piperidine rings is 1. The molecule has 1 aromatic heterocycles. The molecule has 2 N–H and O–H groups in total. The van der Waals surface area contributed by atoms with Gasteiger partial charge in [-0.1, -0.05) is 12.1 Å². The number of carbonyl (C=O) groups is 1. The minimum absolute atomic E-state index is 0.0636. The number of benzene rings is 1. The summed E-state index contributed by atoms with van der Waals surface area (Å²) in [5, 5.41) is 5.77. The molecule has 0 radical (unpaired) electrons. The highest BCUT2D eigenvalue weighted by Crippen LogP contribution is 2.31. The van der Waals surface area contributed by atoms with E-state index >= 15 is 0 Å². The maximum absolute atomic E-state index is 13.6. The van der Waals surface area contributed by atoms with Crippen molar-refractivity contribution in [2.75, 3.05) is 69.2 Å². The fourth-order valence-corrected chi connectivity index (χ4v) is 4.71. The molecule has 2 aromatic rings. The molecule has 0 saturated carbocycles. The zero-order chi connectivity index (χ0) is 28.8. The second-order valence-corrected chi connectivity index (χ2v) is 9.83. The van der Waals surface area contributed by atoms with Crippen molar-refractivity contribution in [1.82, 2.24) is 20.2 Å². The van der Waals surface area contributed by atoms with Gasteiger partial charge >= 0.3 is 12.4 Å². The molecule has 0 spiro atoms. The number of nitrogens with zero attached hydrogens (tertiary/aromatic N) is 4. The Bertz CT molecular complexity index is 1120. The van der Waals surface area contributed by atoms with Gasteiger partial charge in [0.2, 0.25) is 11.7 Å². The average Bonchev–Trinajstić information content (AvgIpc) is 2.93. The van der Waals surface area contributed by atoms with Gasteiger partial charge in [-0.05, 0) is 37.0 Å². The summed E-state index contributed by atoms with van der Waals surface area (Å²) in [6.07, 6.45) is -7.65. The maximum Gasteiger partial charge on any atom is 0.451 e. The van der Waals surface area contributed by atoms with Gasteiger partial charge in [0.25, 0.3) is 0 Å². The molecule has 2 fully saturated rings. The number of halogens is 6.